The highest BCUT2D eigenvalue weighted by molar-refractivity contribution is 5.99. The van der Waals surface area contributed by atoms with Crippen LogP contribution in [0.5, 0.6) is 0 Å². The molecule has 0 aromatic rings. The third-order valence-electron chi connectivity index (χ3n) is 5.44. The van der Waals surface area contributed by atoms with Crippen LogP contribution >= 0.6 is 0 Å². The highest BCUT2D eigenvalue weighted by atomic mass is 16.1. The monoisotopic (exact) mass is 254 g/mol. The first-order valence-corrected chi connectivity index (χ1v) is 7.30. The van der Waals surface area contributed by atoms with Crippen LogP contribution in [0.3, 0.4) is 0 Å². The van der Waals surface area contributed by atoms with Crippen molar-refractivity contribution in [3.05, 3.63) is 47.6 Å². The van der Waals surface area contributed by atoms with Crippen LogP contribution in [-0.2, 0) is 4.79 Å². The zero-order chi connectivity index (χ0) is 13.6. The Morgan fingerprint density at radius 2 is 2.11 bits per heavy atom. The Labute approximate surface area is 115 Å². The van der Waals surface area contributed by atoms with Crippen molar-refractivity contribution in [1.82, 2.24) is 0 Å². The smallest absolute Gasteiger partial charge is 0.162 e. The normalized spacial score (nSPS) is 38.0. The number of carbonyl (C=O) groups is 1. The van der Waals surface area contributed by atoms with Crippen molar-refractivity contribution < 1.29 is 4.79 Å². The van der Waals surface area contributed by atoms with Gasteiger partial charge in [-0.15, -0.1) is 0 Å². The van der Waals surface area contributed by atoms with E-state index in [1.54, 1.807) is 0 Å². The molecule has 1 heteroatoms. The topological polar surface area (TPSA) is 17.1 Å². The average Bonchev–Trinajstić information content (AvgIpc) is 2.40. The molecule has 0 saturated heterocycles. The van der Waals surface area contributed by atoms with Gasteiger partial charge >= 0.3 is 0 Å². The largest absolute Gasteiger partial charge is 0.294 e. The molecule has 0 fully saturated rings. The van der Waals surface area contributed by atoms with E-state index in [-0.39, 0.29) is 11.3 Å². The molecule has 0 bridgehead atoms. The molecule has 1 unspecified atom stereocenters. The van der Waals surface area contributed by atoms with E-state index >= 15 is 0 Å². The summed E-state index contributed by atoms with van der Waals surface area (Å²) >= 11 is 0. The van der Waals surface area contributed by atoms with Crippen LogP contribution in [0.2, 0.25) is 0 Å². The minimum absolute atomic E-state index is 0.00840. The number of carbonyl (C=O) groups excluding carboxylic acids is 1. The van der Waals surface area contributed by atoms with E-state index in [1.807, 2.05) is 6.92 Å². The van der Waals surface area contributed by atoms with Crippen molar-refractivity contribution in [1.29, 1.82) is 0 Å². The minimum atomic E-state index is -0.00840. The Morgan fingerprint density at radius 3 is 2.84 bits per heavy atom. The van der Waals surface area contributed by atoms with E-state index in [0.29, 0.717) is 11.7 Å². The van der Waals surface area contributed by atoms with Gasteiger partial charge in [0.25, 0.3) is 0 Å². The standard InChI is InChI=1S/C18H22O/c1-12-9-11-18(10-5-4-6-14(18)3)16-15(12)8-7-13(2)17(16)19/h4,6-7,9,15-16H,3,5,8,10-11H2,1-2H3/t15-,16-,18?/m0/s1. The summed E-state index contributed by atoms with van der Waals surface area (Å²) in [4.78, 5) is 12.8. The number of ketones is 1. The van der Waals surface area contributed by atoms with Crippen LogP contribution in [0.1, 0.15) is 39.5 Å². The number of allylic oxidation sites excluding steroid dienone is 7. The Kier molecular flexibility index (Phi) is 2.88. The summed E-state index contributed by atoms with van der Waals surface area (Å²) < 4.78 is 0. The van der Waals surface area contributed by atoms with Crippen LogP contribution in [-0.4, -0.2) is 5.78 Å². The third kappa shape index (κ3) is 1.71. The molecule has 0 heterocycles. The van der Waals surface area contributed by atoms with Gasteiger partial charge in [-0.25, -0.2) is 0 Å². The highest BCUT2D eigenvalue weighted by Crippen LogP contribution is 2.56. The molecule has 0 saturated carbocycles. The first-order valence-electron chi connectivity index (χ1n) is 7.30. The summed E-state index contributed by atoms with van der Waals surface area (Å²) in [6.07, 6.45) is 13.0. The fourth-order valence-corrected chi connectivity index (χ4v) is 4.16. The molecule has 0 amide bonds. The Balaban J connectivity index is 2.12. The van der Waals surface area contributed by atoms with E-state index < -0.39 is 0 Å². The lowest BCUT2D eigenvalue weighted by molar-refractivity contribution is -0.125. The van der Waals surface area contributed by atoms with Crippen molar-refractivity contribution >= 4 is 5.78 Å². The number of rotatable bonds is 0. The quantitative estimate of drug-likeness (QED) is 0.586. The second-order valence-corrected chi connectivity index (χ2v) is 6.35. The first-order chi connectivity index (χ1) is 9.06. The number of hydrogen-bond acceptors (Lipinski definition) is 1. The predicted octanol–water partition coefficient (Wildman–Crippen LogP) is 4.38. The fourth-order valence-electron chi connectivity index (χ4n) is 4.16. The molecule has 0 N–H and O–H groups in total. The summed E-state index contributed by atoms with van der Waals surface area (Å²) in [7, 11) is 0. The molecule has 1 spiro atoms. The number of hydrogen-bond donors (Lipinski definition) is 0. The molecule has 1 nitrogen and oxygen atoms in total. The van der Waals surface area contributed by atoms with E-state index in [2.05, 4.69) is 37.8 Å². The molecule has 3 atom stereocenters. The van der Waals surface area contributed by atoms with Crippen LogP contribution in [0.25, 0.3) is 0 Å². The lowest BCUT2D eigenvalue weighted by Crippen LogP contribution is -2.46. The molecular formula is C18H22O. The highest BCUT2D eigenvalue weighted by Gasteiger charge is 2.51. The molecule has 0 aromatic heterocycles. The molecule has 3 aliphatic carbocycles. The molecule has 3 rings (SSSR count). The maximum absolute atomic E-state index is 12.8. The van der Waals surface area contributed by atoms with Crippen LogP contribution < -0.4 is 0 Å². The van der Waals surface area contributed by atoms with Gasteiger partial charge < -0.3 is 0 Å². The molecule has 0 aromatic carbocycles. The van der Waals surface area contributed by atoms with Gasteiger partial charge in [-0.2, -0.15) is 0 Å². The maximum atomic E-state index is 12.8. The zero-order valence-corrected chi connectivity index (χ0v) is 11.9. The summed E-state index contributed by atoms with van der Waals surface area (Å²) in [5.41, 5.74) is 3.51. The summed E-state index contributed by atoms with van der Waals surface area (Å²) in [6.45, 7) is 8.44. The van der Waals surface area contributed by atoms with Crippen molar-refractivity contribution in [3.63, 3.8) is 0 Å². The predicted molar refractivity (Wildman–Crippen MR) is 78.7 cm³/mol. The second kappa shape index (κ2) is 4.33. The van der Waals surface area contributed by atoms with E-state index in [9.17, 15) is 4.79 Å². The maximum Gasteiger partial charge on any atom is 0.162 e. The fraction of sp³-hybridized carbons (Fsp3) is 0.500. The van der Waals surface area contributed by atoms with Gasteiger partial charge in [0.05, 0.1) is 0 Å². The molecule has 19 heavy (non-hydrogen) atoms. The molecule has 0 radical (unpaired) electrons. The molecule has 0 aliphatic heterocycles. The van der Waals surface area contributed by atoms with Gasteiger partial charge in [-0.3, -0.25) is 4.79 Å². The third-order valence-corrected chi connectivity index (χ3v) is 5.44. The number of Topliss-reactive ketones (excluding diaryl/α,β-unsaturated/α-hetero) is 1. The van der Waals surface area contributed by atoms with Gasteiger partial charge in [-0.1, -0.05) is 36.5 Å². The lowest BCUT2D eigenvalue weighted by Gasteiger charge is -2.50. The summed E-state index contributed by atoms with van der Waals surface area (Å²) in [6, 6.07) is 0. The summed E-state index contributed by atoms with van der Waals surface area (Å²) in [5.74, 6) is 0.883. The SMILES string of the molecule is C=C1C=CCCC12CC=C(C)[C@@H]1CC=C(C)C(=O)[C@H]12. The lowest BCUT2D eigenvalue weighted by atomic mass is 9.53. The van der Waals surface area contributed by atoms with Crippen molar-refractivity contribution in [2.45, 2.75) is 39.5 Å². The number of fused-ring (bicyclic) bond motifs is 2. The minimum Gasteiger partial charge on any atom is -0.294 e. The van der Waals surface area contributed by atoms with Crippen molar-refractivity contribution in [2.24, 2.45) is 17.3 Å². The second-order valence-electron chi connectivity index (χ2n) is 6.35. The molecule has 3 aliphatic rings. The molecular weight excluding hydrogens is 232 g/mol. The van der Waals surface area contributed by atoms with Crippen LogP contribution in [0, 0.1) is 17.3 Å². The van der Waals surface area contributed by atoms with Crippen molar-refractivity contribution in [2.75, 3.05) is 0 Å². The van der Waals surface area contributed by atoms with Gasteiger partial charge in [0.15, 0.2) is 5.78 Å². The summed E-state index contributed by atoms with van der Waals surface area (Å²) in [5, 5.41) is 0. The van der Waals surface area contributed by atoms with E-state index in [0.717, 1.165) is 31.3 Å². The van der Waals surface area contributed by atoms with Crippen LogP contribution in [0.4, 0.5) is 0 Å². The van der Waals surface area contributed by atoms with Crippen LogP contribution in [0.15, 0.2) is 47.6 Å². The van der Waals surface area contributed by atoms with Gasteiger partial charge in [0.2, 0.25) is 0 Å². The average molecular weight is 254 g/mol. The van der Waals surface area contributed by atoms with Gasteiger partial charge in [0.1, 0.15) is 0 Å². The van der Waals surface area contributed by atoms with E-state index in [1.165, 1.54) is 11.1 Å². The Hall–Kier alpha value is -1.37. The van der Waals surface area contributed by atoms with E-state index in [4.69, 9.17) is 0 Å². The van der Waals surface area contributed by atoms with Crippen molar-refractivity contribution in [3.8, 4) is 0 Å². The Bertz CT molecular complexity index is 532. The van der Waals surface area contributed by atoms with Gasteiger partial charge in [-0.05, 0) is 56.6 Å². The zero-order valence-electron chi connectivity index (χ0n) is 11.9. The first kappa shape index (κ1) is 12.7. The van der Waals surface area contributed by atoms with Gasteiger partial charge in [0, 0.05) is 11.3 Å². The Morgan fingerprint density at radius 1 is 1.32 bits per heavy atom. The molecule has 100 valence electrons.